The van der Waals surface area contributed by atoms with E-state index in [9.17, 15) is 0 Å². The van der Waals surface area contributed by atoms with Crippen LogP contribution in [0.4, 0.5) is 5.82 Å². The monoisotopic (exact) mass is 376 g/mol. The Morgan fingerprint density at radius 1 is 1.52 bits per heavy atom. The maximum absolute atomic E-state index is 5.99. The predicted octanol–water partition coefficient (Wildman–Crippen LogP) is 2.22. The lowest BCUT2D eigenvalue weighted by Crippen LogP contribution is -2.16. The molecule has 0 saturated carbocycles. The molecule has 0 bridgehead atoms. The molecule has 1 aliphatic carbocycles. The second kappa shape index (κ2) is 5.61. The van der Waals surface area contributed by atoms with Crippen molar-refractivity contribution >= 4 is 27.3 Å². The number of imidazole rings is 1. The molecule has 120 valence electrons. The van der Waals surface area contributed by atoms with E-state index in [4.69, 9.17) is 15.5 Å². The van der Waals surface area contributed by atoms with Gasteiger partial charge in [-0.1, -0.05) is 0 Å². The van der Waals surface area contributed by atoms with Gasteiger partial charge in [0.2, 0.25) is 0 Å². The van der Waals surface area contributed by atoms with Crippen molar-refractivity contribution in [3.8, 4) is 0 Å². The zero-order chi connectivity index (χ0) is 16.0. The van der Waals surface area contributed by atoms with Gasteiger partial charge in [0, 0.05) is 31.1 Å². The molecule has 23 heavy (non-hydrogen) atoms. The Kier molecular flexibility index (Phi) is 3.57. The maximum atomic E-state index is 5.99. The summed E-state index contributed by atoms with van der Waals surface area (Å²) in [5, 5.41) is 7.52. The summed E-state index contributed by atoms with van der Waals surface area (Å²) < 4.78 is 8.03. The zero-order valence-electron chi connectivity index (χ0n) is 12.7. The highest BCUT2D eigenvalue weighted by molar-refractivity contribution is 9.10. The number of aromatic nitrogens is 5. The van der Waals surface area contributed by atoms with Gasteiger partial charge >= 0.3 is 0 Å². The second-order valence-electron chi connectivity index (χ2n) is 5.79. The van der Waals surface area contributed by atoms with Crippen LogP contribution in [-0.2, 0) is 24.2 Å². The van der Waals surface area contributed by atoms with E-state index in [0.717, 1.165) is 40.9 Å². The normalized spacial score (nSPS) is 17.6. The van der Waals surface area contributed by atoms with Gasteiger partial charge in [-0.2, -0.15) is 5.10 Å². The minimum Gasteiger partial charge on any atom is -0.382 e. The summed E-state index contributed by atoms with van der Waals surface area (Å²) in [6.07, 6.45) is 6.51. The van der Waals surface area contributed by atoms with E-state index in [1.54, 1.807) is 13.3 Å². The van der Waals surface area contributed by atoms with Crippen LogP contribution in [-0.4, -0.2) is 31.7 Å². The van der Waals surface area contributed by atoms with Gasteiger partial charge in [-0.15, -0.1) is 0 Å². The molecular weight excluding hydrogens is 360 g/mol. The smallest absolute Gasteiger partial charge is 0.150 e. The lowest BCUT2D eigenvalue weighted by molar-refractivity contribution is 0.180. The molecule has 0 amide bonds. The molecule has 0 aromatic carbocycles. The Balaban J connectivity index is 1.75. The minimum absolute atomic E-state index is 0.316. The zero-order valence-corrected chi connectivity index (χ0v) is 14.3. The maximum Gasteiger partial charge on any atom is 0.150 e. The van der Waals surface area contributed by atoms with E-state index >= 15 is 0 Å². The van der Waals surface area contributed by atoms with E-state index in [2.05, 4.69) is 31.1 Å². The van der Waals surface area contributed by atoms with Crippen molar-refractivity contribution < 1.29 is 4.74 Å². The van der Waals surface area contributed by atoms with Crippen LogP contribution in [0.1, 0.15) is 35.1 Å². The van der Waals surface area contributed by atoms with E-state index in [1.807, 2.05) is 10.6 Å². The second-order valence-corrected chi connectivity index (χ2v) is 6.54. The molecule has 0 aliphatic heterocycles. The van der Waals surface area contributed by atoms with Crippen LogP contribution in [0.5, 0.6) is 0 Å². The fourth-order valence-corrected chi connectivity index (χ4v) is 3.94. The third-order valence-electron chi connectivity index (χ3n) is 4.45. The number of H-pyrrole nitrogens is 1. The first-order valence-electron chi connectivity index (χ1n) is 7.51. The highest BCUT2D eigenvalue weighted by Crippen LogP contribution is 2.35. The fraction of sp³-hybridized carbons (Fsp3) is 0.400. The van der Waals surface area contributed by atoms with Crippen LogP contribution in [0.2, 0.25) is 0 Å². The molecule has 0 saturated heterocycles. The van der Waals surface area contributed by atoms with Crippen LogP contribution in [0.3, 0.4) is 0 Å². The number of aryl methyl sites for hydroxylation is 1. The third kappa shape index (κ3) is 2.33. The van der Waals surface area contributed by atoms with Crippen molar-refractivity contribution in [1.82, 2.24) is 24.6 Å². The number of hydrogen-bond donors (Lipinski definition) is 2. The van der Waals surface area contributed by atoms with Gasteiger partial charge in [0.15, 0.2) is 5.82 Å². The Labute approximate surface area is 141 Å². The summed E-state index contributed by atoms with van der Waals surface area (Å²) in [6, 6.07) is 0. The van der Waals surface area contributed by atoms with E-state index in [1.165, 1.54) is 11.3 Å². The summed E-state index contributed by atoms with van der Waals surface area (Å²) in [5.41, 5.74) is 10.3. The fourth-order valence-electron chi connectivity index (χ4n) is 3.37. The molecule has 7 nitrogen and oxygen atoms in total. The van der Waals surface area contributed by atoms with Gasteiger partial charge in [-0.25, -0.2) is 9.97 Å². The molecule has 0 fully saturated rings. The first-order valence-corrected chi connectivity index (χ1v) is 8.30. The number of anilines is 1. The molecule has 3 aromatic heterocycles. The summed E-state index contributed by atoms with van der Waals surface area (Å²) in [6.45, 7) is 0.529. The van der Waals surface area contributed by atoms with Crippen LogP contribution >= 0.6 is 15.9 Å². The molecule has 3 heterocycles. The van der Waals surface area contributed by atoms with Gasteiger partial charge < -0.3 is 10.5 Å². The van der Waals surface area contributed by atoms with Gasteiger partial charge in [0.05, 0.1) is 12.3 Å². The number of halogens is 1. The average Bonchev–Trinajstić information content (AvgIpc) is 3.10. The van der Waals surface area contributed by atoms with Crippen LogP contribution in [0, 0.1) is 0 Å². The van der Waals surface area contributed by atoms with E-state index in [-0.39, 0.29) is 0 Å². The molecule has 0 radical (unpaired) electrons. The number of nitrogens with one attached hydrogen (secondary N) is 1. The number of methoxy groups -OCH3 is 1. The standard InChI is InChI=1S/C15H17BrN6O/c1-23-7-11-9-6-8(2-3-10(9)20-21-11)15-19-13(16)12-14(17)18-4-5-22(12)15/h4-5,8H,2-3,6-7H2,1H3,(H2,17,18)(H,20,21). The first-order chi connectivity index (χ1) is 11.2. The Morgan fingerprint density at radius 3 is 3.22 bits per heavy atom. The average molecular weight is 377 g/mol. The number of aromatic amines is 1. The Bertz CT molecular complexity index is 870. The van der Waals surface area contributed by atoms with Crippen molar-refractivity contribution in [2.45, 2.75) is 31.8 Å². The molecule has 4 rings (SSSR count). The minimum atomic E-state index is 0.316. The lowest BCUT2D eigenvalue weighted by Gasteiger charge is -2.21. The largest absolute Gasteiger partial charge is 0.382 e. The van der Waals surface area contributed by atoms with Crippen molar-refractivity contribution in [2.24, 2.45) is 0 Å². The molecule has 1 unspecified atom stereocenters. The van der Waals surface area contributed by atoms with Crippen molar-refractivity contribution in [3.05, 3.63) is 39.8 Å². The predicted molar refractivity (Wildman–Crippen MR) is 89.2 cm³/mol. The van der Waals surface area contributed by atoms with Crippen LogP contribution in [0.15, 0.2) is 17.0 Å². The molecule has 3 aromatic rings. The van der Waals surface area contributed by atoms with Crippen molar-refractivity contribution in [1.29, 1.82) is 0 Å². The summed E-state index contributed by atoms with van der Waals surface area (Å²) in [4.78, 5) is 8.85. The first kappa shape index (κ1) is 14.6. The molecule has 0 spiro atoms. The number of nitrogens with zero attached hydrogens (tertiary/aromatic N) is 4. The van der Waals surface area contributed by atoms with Crippen molar-refractivity contribution in [3.63, 3.8) is 0 Å². The molecule has 1 aliphatic rings. The summed E-state index contributed by atoms with van der Waals surface area (Å²) >= 11 is 3.51. The number of ether oxygens (including phenoxy) is 1. The number of hydrogen-bond acceptors (Lipinski definition) is 5. The van der Waals surface area contributed by atoms with Crippen molar-refractivity contribution in [2.75, 3.05) is 12.8 Å². The molecule has 1 atom stereocenters. The van der Waals surface area contributed by atoms with Gasteiger partial charge in [-0.3, -0.25) is 9.50 Å². The molecular formula is C15H17BrN6O. The summed E-state index contributed by atoms with van der Waals surface area (Å²) in [7, 11) is 1.69. The highest BCUT2D eigenvalue weighted by Gasteiger charge is 2.28. The van der Waals surface area contributed by atoms with Gasteiger partial charge in [-0.05, 0) is 40.8 Å². The van der Waals surface area contributed by atoms with Gasteiger partial charge in [0.1, 0.15) is 15.9 Å². The molecule has 3 N–H and O–H groups in total. The third-order valence-corrected chi connectivity index (χ3v) is 5.00. The Morgan fingerprint density at radius 2 is 2.39 bits per heavy atom. The SMILES string of the molecule is COCc1n[nH]c2c1CC(c1nc(Br)c3c(N)nccn13)CC2. The number of fused-ring (bicyclic) bond motifs is 2. The van der Waals surface area contributed by atoms with E-state index < -0.39 is 0 Å². The summed E-state index contributed by atoms with van der Waals surface area (Å²) in [5.74, 6) is 1.81. The number of nitrogen functional groups attached to an aromatic ring is 1. The highest BCUT2D eigenvalue weighted by atomic mass is 79.9. The number of nitrogens with two attached hydrogens (primary N) is 1. The lowest BCUT2D eigenvalue weighted by atomic mass is 9.86. The van der Waals surface area contributed by atoms with Crippen LogP contribution in [0.25, 0.3) is 5.52 Å². The topological polar surface area (TPSA) is 94.1 Å². The van der Waals surface area contributed by atoms with Gasteiger partial charge in [0.25, 0.3) is 0 Å². The van der Waals surface area contributed by atoms with Crippen LogP contribution < -0.4 is 5.73 Å². The number of rotatable bonds is 3. The molecule has 8 heteroatoms. The Hall–Kier alpha value is -1.93. The quantitative estimate of drug-likeness (QED) is 0.730. The van der Waals surface area contributed by atoms with E-state index in [0.29, 0.717) is 18.3 Å².